The van der Waals surface area contributed by atoms with Gasteiger partial charge in [-0.1, -0.05) is 53.4 Å². The molecule has 4 rings (SSSR count). The first-order valence-corrected chi connectivity index (χ1v) is 9.86. The molecule has 0 spiro atoms. The highest BCUT2D eigenvalue weighted by Crippen LogP contribution is 2.26. The highest BCUT2D eigenvalue weighted by molar-refractivity contribution is 8.00. The SMILES string of the molecule is Cn1cccc1C=Cc1cc(=O)n2nc(SCc3ccccc3)sc2n1. The molecule has 0 atom stereocenters. The normalized spacial score (nSPS) is 11.6. The van der Waals surface area contributed by atoms with Crippen LogP contribution in [0.5, 0.6) is 0 Å². The van der Waals surface area contributed by atoms with Crippen LogP contribution in [0.3, 0.4) is 0 Å². The van der Waals surface area contributed by atoms with E-state index in [0.717, 1.165) is 15.8 Å². The number of hydrogen-bond acceptors (Lipinski definition) is 5. The summed E-state index contributed by atoms with van der Waals surface area (Å²) in [5.74, 6) is 0.815. The Bertz CT molecular complexity index is 1130. The number of nitrogens with zero attached hydrogens (tertiary/aromatic N) is 4. The van der Waals surface area contributed by atoms with Crippen LogP contribution in [0.4, 0.5) is 0 Å². The van der Waals surface area contributed by atoms with Crippen molar-refractivity contribution in [1.82, 2.24) is 19.2 Å². The quantitative estimate of drug-likeness (QED) is 0.492. The van der Waals surface area contributed by atoms with Crippen molar-refractivity contribution in [2.24, 2.45) is 7.05 Å². The molecule has 0 aliphatic heterocycles. The van der Waals surface area contributed by atoms with Crippen LogP contribution < -0.4 is 5.56 Å². The fourth-order valence-corrected chi connectivity index (χ4v) is 4.40. The van der Waals surface area contributed by atoms with E-state index in [4.69, 9.17) is 0 Å². The number of hydrogen-bond donors (Lipinski definition) is 0. The Kier molecular flexibility index (Phi) is 4.73. The van der Waals surface area contributed by atoms with Crippen LogP contribution in [0.25, 0.3) is 17.1 Å². The first kappa shape index (κ1) is 16.8. The average molecular weight is 380 g/mol. The molecule has 0 saturated carbocycles. The van der Waals surface area contributed by atoms with Gasteiger partial charge < -0.3 is 4.57 Å². The Balaban J connectivity index is 1.58. The van der Waals surface area contributed by atoms with Gasteiger partial charge in [0.05, 0.1) is 5.69 Å². The van der Waals surface area contributed by atoms with Crippen LogP contribution in [0.1, 0.15) is 17.0 Å². The summed E-state index contributed by atoms with van der Waals surface area (Å²) in [6, 6.07) is 15.7. The smallest absolute Gasteiger partial charge is 0.275 e. The Morgan fingerprint density at radius 3 is 2.77 bits per heavy atom. The van der Waals surface area contributed by atoms with Crippen LogP contribution in [-0.4, -0.2) is 19.2 Å². The highest BCUT2D eigenvalue weighted by Gasteiger charge is 2.09. The van der Waals surface area contributed by atoms with Gasteiger partial charge in [0.15, 0.2) is 4.34 Å². The van der Waals surface area contributed by atoms with E-state index in [2.05, 4.69) is 22.2 Å². The summed E-state index contributed by atoms with van der Waals surface area (Å²) in [6.07, 6.45) is 5.78. The zero-order chi connectivity index (χ0) is 17.9. The van der Waals surface area contributed by atoms with Crippen molar-refractivity contribution in [3.05, 3.63) is 82.0 Å². The molecule has 7 heteroatoms. The molecule has 26 heavy (non-hydrogen) atoms. The number of rotatable bonds is 5. The molecular weight excluding hydrogens is 364 g/mol. The van der Waals surface area contributed by atoms with Gasteiger partial charge in [0.2, 0.25) is 4.96 Å². The molecule has 0 aliphatic carbocycles. The second-order valence-corrected chi connectivity index (χ2v) is 7.91. The fraction of sp³-hybridized carbons (Fsp3) is 0.105. The van der Waals surface area contributed by atoms with E-state index in [9.17, 15) is 4.79 Å². The fourth-order valence-electron chi connectivity index (χ4n) is 2.49. The van der Waals surface area contributed by atoms with Gasteiger partial charge in [0.1, 0.15) is 0 Å². The Morgan fingerprint density at radius 1 is 1.15 bits per heavy atom. The third-order valence-electron chi connectivity index (χ3n) is 3.86. The van der Waals surface area contributed by atoms with Crippen LogP contribution in [0, 0.1) is 0 Å². The average Bonchev–Trinajstić information content (AvgIpc) is 3.25. The minimum Gasteiger partial charge on any atom is -0.351 e. The lowest BCUT2D eigenvalue weighted by atomic mass is 10.2. The van der Waals surface area contributed by atoms with Crippen molar-refractivity contribution < 1.29 is 0 Å². The van der Waals surface area contributed by atoms with Crippen molar-refractivity contribution in [1.29, 1.82) is 0 Å². The standard InChI is InChI=1S/C19H16N4OS2/c1-22-11-5-8-16(22)10-9-15-12-17(24)23-18(20-15)26-19(21-23)25-13-14-6-3-2-4-7-14/h2-12H,13H2,1H3. The topological polar surface area (TPSA) is 52.2 Å². The highest BCUT2D eigenvalue weighted by atomic mass is 32.2. The maximum atomic E-state index is 12.3. The van der Waals surface area contributed by atoms with Gasteiger partial charge in [-0.3, -0.25) is 4.79 Å². The number of benzene rings is 1. The molecular formula is C19H16N4OS2. The molecule has 0 fully saturated rings. The molecule has 3 heterocycles. The van der Waals surface area contributed by atoms with E-state index >= 15 is 0 Å². The van der Waals surface area contributed by atoms with E-state index in [1.54, 1.807) is 11.8 Å². The lowest BCUT2D eigenvalue weighted by Gasteiger charge is -1.96. The van der Waals surface area contributed by atoms with E-state index < -0.39 is 0 Å². The Hall–Kier alpha value is -2.64. The van der Waals surface area contributed by atoms with Crippen LogP contribution >= 0.6 is 23.1 Å². The summed E-state index contributed by atoms with van der Waals surface area (Å²) in [6.45, 7) is 0. The molecule has 0 radical (unpaired) electrons. The first-order valence-electron chi connectivity index (χ1n) is 8.06. The number of thioether (sulfide) groups is 1. The van der Waals surface area contributed by atoms with Gasteiger partial charge in [0, 0.05) is 30.8 Å². The summed E-state index contributed by atoms with van der Waals surface area (Å²) in [7, 11) is 1.98. The Labute approximate surface area is 158 Å². The Morgan fingerprint density at radius 2 is 2.00 bits per heavy atom. The van der Waals surface area contributed by atoms with Crippen molar-refractivity contribution in [3.63, 3.8) is 0 Å². The van der Waals surface area contributed by atoms with Crippen molar-refractivity contribution in [3.8, 4) is 0 Å². The molecule has 0 unspecified atom stereocenters. The molecule has 5 nitrogen and oxygen atoms in total. The second kappa shape index (κ2) is 7.31. The molecule has 0 N–H and O–H groups in total. The molecule has 0 amide bonds. The number of aromatic nitrogens is 4. The van der Waals surface area contributed by atoms with Gasteiger partial charge in [-0.2, -0.15) is 4.52 Å². The monoisotopic (exact) mass is 380 g/mol. The van der Waals surface area contributed by atoms with Gasteiger partial charge in [-0.15, -0.1) is 5.10 Å². The summed E-state index contributed by atoms with van der Waals surface area (Å²) in [4.78, 5) is 17.5. The van der Waals surface area contributed by atoms with E-state index in [1.807, 2.05) is 60.3 Å². The van der Waals surface area contributed by atoms with E-state index in [1.165, 1.54) is 27.5 Å². The molecule has 3 aromatic heterocycles. The molecule has 0 aliphatic rings. The number of fused-ring (bicyclic) bond motifs is 1. The molecule has 0 bridgehead atoms. The molecule has 0 saturated heterocycles. The predicted octanol–water partition coefficient (Wildman–Crippen LogP) is 3.95. The van der Waals surface area contributed by atoms with Gasteiger partial charge in [-0.05, 0) is 29.8 Å². The maximum Gasteiger partial charge on any atom is 0.275 e. The zero-order valence-electron chi connectivity index (χ0n) is 14.1. The van der Waals surface area contributed by atoms with Crippen LogP contribution in [0.15, 0.2) is 63.9 Å². The van der Waals surface area contributed by atoms with E-state index in [0.29, 0.717) is 10.7 Å². The van der Waals surface area contributed by atoms with E-state index in [-0.39, 0.29) is 5.56 Å². The predicted molar refractivity (Wildman–Crippen MR) is 107 cm³/mol. The van der Waals surface area contributed by atoms with Crippen molar-refractivity contribution in [2.45, 2.75) is 10.1 Å². The van der Waals surface area contributed by atoms with Gasteiger partial charge >= 0.3 is 0 Å². The third kappa shape index (κ3) is 3.63. The van der Waals surface area contributed by atoms with Gasteiger partial charge in [0.25, 0.3) is 5.56 Å². The molecule has 130 valence electrons. The van der Waals surface area contributed by atoms with Crippen LogP contribution in [-0.2, 0) is 12.8 Å². The lowest BCUT2D eigenvalue weighted by Crippen LogP contribution is -2.14. The maximum absolute atomic E-state index is 12.3. The first-order chi connectivity index (χ1) is 12.7. The lowest BCUT2D eigenvalue weighted by molar-refractivity contribution is 0.855. The van der Waals surface area contributed by atoms with Gasteiger partial charge in [-0.25, -0.2) is 4.98 Å². The number of aryl methyl sites for hydroxylation is 1. The summed E-state index contributed by atoms with van der Waals surface area (Å²) in [5, 5.41) is 4.39. The largest absolute Gasteiger partial charge is 0.351 e. The third-order valence-corrected chi connectivity index (χ3v) is 5.97. The second-order valence-electron chi connectivity index (χ2n) is 5.73. The van der Waals surface area contributed by atoms with Crippen molar-refractivity contribution >= 4 is 40.2 Å². The summed E-state index contributed by atoms with van der Waals surface area (Å²) < 4.78 is 4.21. The summed E-state index contributed by atoms with van der Waals surface area (Å²) in [5.41, 5.74) is 2.75. The van der Waals surface area contributed by atoms with Crippen molar-refractivity contribution in [2.75, 3.05) is 0 Å². The minimum atomic E-state index is -0.163. The van der Waals surface area contributed by atoms with Crippen LogP contribution in [0.2, 0.25) is 0 Å². The zero-order valence-corrected chi connectivity index (χ0v) is 15.7. The summed E-state index contributed by atoms with van der Waals surface area (Å²) >= 11 is 3.05. The molecule has 1 aromatic carbocycles. The minimum absolute atomic E-state index is 0.163. The molecule has 4 aromatic rings.